The monoisotopic (exact) mass is 406 g/mol. The maximum Gasteiger partial charge on any atom is 0.251 e. The molecule has 0 saturated heterocycles. The molecule has 1 amide bonds. The summed E-state index contributed by atoms with van der Waals surface area (Å²) in [6, 6.07) is 11.9. The van der Waals surface area contributed by atoms with Gasteiger partial charge < -0.3 is 14.8 Å². The van der Waals surface area contributed by atoms with E-state index in [4.69, 9.17) is 9.47 Å². The summed E-state index contributed by atoms with van der Waals surface area (Å²) in [5.74, 6) is 0.724. The van der Waals surface area contributed by atoms with Crippen LogP contribution in [0.5, 0.6) is 11.5 Å². The van der Waals surface area contributed by atoms with Crippen molar-refractivity contribution in [1.29, 1.82) is 0 Å². The molecule has 0 spiro atoms. The van der Waals surface area contributed by atoms with E-state index >= 15 is 0 Å². The number of benzene rings is 2. The standard InChI is InChI=1S/C20H26N2O5S/c1-14(2)22-28(24,25)13-16-7-5-15(6-8-16)12-21-20(23)17-9-18(26-3)11-19(10-17)27-4/h5-11,14,22H,12-13H2,1-4H3,(H,21,23). The van der Waals surface area contributed by atoms with Crippen LogP contribution in [0.25, 0.3) is 0 Å². The number of hydrogen-bond acceptors (Lipinski definition) is 5. The molecule has 0 bridgehead atoms. The van der Waals surface area contributed by atoms with Gasteiger partial charge in [-0.3, -0.25) is 4.79 Å². The third kappa shape index (κ3) is 6.54. The smallest absolute Gasteiger partial charge is 0.251 e. The van der Waals surface area contributed by atoms with E-state index in [-0.39, 0.29) is 17.7 Å². The molecule has 2 N–H and O–H groups in total. The molecule has 0 aliphatic carbocycles. The van der Waals surface area contributed by atoms with Crippen LogP contribution in [-0.2, 0) is 22.3 Å². The molecular formula is C20H26N2O5S. The van der Waals surface area contributed by atoms with Crippen LogP contribution in [0.4, 0.5) is 0 Å². The van der Waals surface area contributed by atoms with E-state index in [0.717, 1.165) is 5.56 Å². The molecule has 2 aromatic rings. The highest BCUT2D eigenvalue weighted by atomic mass is 32.2. The third-order valence-corrected chi connectivity index (χ3v) is 5.41. The van der Waals surface area contributed by atoms with Crippen molar-refractivity contribution in [3.8, 4) is 11.5 Å². The molecule has 2 aromatic carbocycles. The normalized spacial score (nSPS) is 11.3. The van der Waals surface area contributed by atoms with Gasteiger partial charge in [0.05, 0.1) is 20.0 Å². The Balaban J connectivity index is 1.99. The van der Waals surface area contributed by atoms with Gasteiger partial charge >= 0.3 is 0 Å². The van der Waals surface area contributed by atoms with Gasteiger partial charge in [-0.25, -0.2) is 13.1 Å². The van der Waals surface area contributed by atoms with Crippen LogP contribution in [0.3, 0.4) is 0 Å². The molecule has 0 saturated carbocycles. The highest BCUT2D eigenvalue weighted by Crippen LogP contribution is 2.22. The summed E-state index contributed by atoms with van der Waals surface area (Å²) in [4.78, 5) is 12.4. The zero-order chi connectivity index (χ0) is 20.7. The van der Waals surface area contributed by atoms with Crippen LogP contribution in [0.2, 0.25) is 0 Å². The molecule has 152 valence electrons. The first-order valence-corrected chi connectivity index (χ1v) is 10.5. The molecular weight excluding hydrogens is 380 g/mol. The number of carbonyl (C=O) groups excluding carboxylic acids is 1. The number of amides is 1. The lowest BCUT2D eigenvalue weighted by Gasteiger charge is -2.11. The largest absolute Gasteiger partial charge is 0.497 e. The highest BCUT2D eigenvalue weighted by Gasteiger charge is 2.13. The van der Waals surface area contributed by atoms with Gasteiger partial charge in [-0.15, -0.1) is 0 Å². The van der Waals surface area contributed by atoms with Gasteiger partial charge in [0, 0.05) is 24.2 Å². The zero-order valence-corrected chi connectivity index (χ0v) is 17.3. The summed E-state index contributed by atoms with van der Waals surface area (Å²) < 4.78 is 36.9. The molecule has 0 atom stereocenters. The second kappa shape index (κ2) is 9.57. The molecule has 0 heterocycles. The predicted octanol–water partition coefficient (Wildman–Crippen LogP) is 2.46. The average molecular weight is 407 g/mol. The Kier molecular flexibility index (Phi) is 7.42. The fourth-order valence-corrected chi connectivity index (χ4v) is 4.03. The number of sulfonamides is 1. The van der Waals surface area contributed by atoms with Crippen LogP contribution in [0.1, 0.15) is 35.3 Å². The molecule has 2 rings (SSSR count). The second-order valence-corrected chi connectivity index (χ2v) is 8.39. The van der Waals surface area contributed by atoms with Crippen molar-refractivity contribution in [3.05, 3.63) is 59.2 Å². The van der Waals surface area contributed by atoms with E-state index in [1.807, 2.05) is 0 Å². The highest BCUT2D eigenvalue weighted by molar-refractivity contribution is 7.88. The van der Waals surface area contributed by atoms with Crippen LogP contribution >= 0.6 is 0 Å². The Morgan fingerprint density at radius 2 is 1.50 bits per heavy atom. The summed E-state index contributed by atoms with van der Waals surface area (Å²) in [6.07, 6.45) is 0. The lowest BCUT2D eigenvalue weighted by Crippen LogP contribution is -2.31. The van der Waals surface area contributed by atoms with Crippen LogP contribution in [0.15, 0.2) is 42.5 Å². The fourth-order valence-electron chi connectivity index (χ4n) is 2.60. The van der Waals surface area contributed by atoms with Gasteiger partial charge in [0.15, 0.2) is 0 Å². The topological polar surface area (TPSA) is 93.7 Å². The number of rotatable bonds is 9. The second-order valence-electron chi connectivity index (χ2n) is 6.63. The van der Waals surface area contributed by atoms with Gasteiger partial charge in [-0.1, -0.05) is 24.3 Å². The Bertz CT molecular complexity index is 886. The molecule has 0 fully saturated rings. The Hall–Kier alpha value is -2.58. The summed E-state index contributed by atoms with van der Waals surface area (Å²) in [6.45, 7) is 3.87. The number of ether oxygens (including phenoxy) is 2. The van der Waals surface area contributed by atoms with Crippen LogP contribution in [0, 0.1) is 0 Å². The maximum absolute atomic E-state index is 12.4. The van der Waals surface area contributed by atoms with Crippen molar-refractivity contribution < 1.29 is 22.7 Å². The summed E-state index contributed by atoms with van der Waals surface area (Å²) in [5, 5.41) is 2.83. The fraction of sp³-hybridized carbons (Fsp3) is 0.350. The van der Waals surface area contributed by atoms with E-state index in [1.165, 1.54) is 14.2 Å². The quantitative estimate of drug-likeness (QED) is 0.667. The Labute approximate surface area is 166 Å². The lowest BCUT2D eigenvalue weighted by molar-refractivity contribution is 0.0950. The lowest BCUT2D eigenvalue weighted by atomic mass is 10.1. The third-order valence-electron chi connectivity index (χ3n) is 3.86. The minimum absolute atomic E-state index is 0.0819. The maximum atomic E-state index is 12.4. The Morgan fingerprint density at radius 1 is 0.964 bits per heavy atom. The van der Waals surface area contributed by atoms with E-state index < -0.39 is 10.0 Å². The van der Waals surface area contributed by atoms with Crippen LogP contribution < -0.4 is 19.5 Å². The minimum atomic E-state index is -3.37. The minimum Gasteiger partial charge on any atom is -0.497 e. The Morgan fingerprint density at radius 3 is 2.00 bits per heavy atom. The van der Waals surface area contributed by atoms with Crippen molar-refractivity contribution >= 4 is 15.9 Å². The van der Waals surface area contributed by atoms with E-state index in [0.29, 0.717) is 29.2 Å². The number of carbonyl (C=O) groups is 1. The summed E-state index contributed by atoms with van der Waals surface area (Å²) in [5.41, 5.74) is 1.97. The van der Waals surface area contributed by atoms with Crippen molar-refractivity contribution in [2.75, 3.05) is 14.2 Å². The summed E-state index contributed by atoms with van der Waals surface area (Å²) in [7, 11) is -0.320. The first-order valence-electron chi connectivity index (χ1n) is 8.81. The molecule has 0 aromatic heterocycles. The van der Waals surface area contributed by atoms with Gasteiger partial charge in [0.2, 0.25) is 10.0 Å². The summed E-state index contributed by atoms with van der Waals surface area (Å²) >= 11 is 0. The van der Waals surface area contributed by atoms with Crippen molar-refractivity contribution in [2.24, 2.45) is 0 Å². The zero-order valence-electron chi connectivity index (χ0n) is 16.5. The molecule has 0 unspecified atom stereocenters. The molecule has 0 radical (unpaired) electrons. The first-order chi connectivity index (χ1) is 13.2. The van der Waals surface area contributed by atoms with E-state index in [2.05, 4.69) is 10.0 Å². The van der Waals surface area contributed by atoms with Gasteiger partial charge in [0.25, 0.3) is 5.91 Å². The van der Waals surface area contributed by atoms with Crippen molar-refractivity contribution in [3.63, 3.8) is 0 Å². The SMILES string of the molecule is COc1cc(OC)cc(C(=O)NCc2ccc(CS(=O)(=O)NC(C)C)cc2)c1. The van der Waals surface area contributed by atoms with Crippen LogP contribution in [-0.4, -0.2) is 34.6 Å². The van der Waals surface area contributed by atoms with E-state index in [9.17, 15) is 13.2 Å². The van der Waals surface area contributed by atoms with E-state index in [1.54, 1.807) is 56.3 Å². The molecule has 28 heavy (non-hydrogen) atoms. The molecule has 0 aliphatic rings. The van der Waals surface area contributed by atoms with Gasteiger partial charge in [0.1, 0.15) is 11.5 Å². The van der Waals surface area contributed by atoms with Crippen molar-refractivity contribution in [2.45, 2.75) is 32.2 Å². The number of nitrogens with one attached hydrogen (secondary N) is 2. The molecule has 7 nitrogen and oxygen atoms in total. The number of hydrogen-bond donors (Lipinski definition) is 2. The van der Waals surface area contributed by atoms with Crippen molar-refractivity contribution in [1.82, 2.24) is 10.0 Å². The predicted molar refractivity (Wildman–Crippen MR) is 108 cm³/mol. The molecule has 0 aliphatic heterocycles. The number of methoxy groups -OCH3 is 2. The molecule has 8 heteroatoms. The van der Waals surface area contributed by atoms with Gasteiger partial charge in [-0.05, 0) is 37.1 Å². The van der Waals surface area contributed by atoms with Gasteiger partial charge in [-0.2, -0.15) is 0 Å². The first kappa shape index (κ1) is 21.7. The average Bonchev–Trinajstić information content (AvgIpc) is 2.65.